The lowest BCUT2D eigenvalue weighted by atomic mass is 10.3. The fraction of sp³-hybridized carbons (Fsp3) is 0.286. The first kappa shape index (κ1) is 17.5. The van der Waals surface area contributed by atoms with E-state index in [0.717, 1.165) is 30.4 Å². The Morgan fingerprint density at radius 2 is 2.04 bits per heavy atom. The van der Waals surface area contributed by atoms with Crippen LogP contribution < -0.4 is 10.1 Å². The molecule has 0 bridgehead atoms. The van der Waals surface area contributed by atoms with Crippen molar-refractivity contribution >= 4 is 67.5 Å². The fourth-order valence-corrected chi connectivity index (χ4v) is 5.43. The summed E-state index contributed by atoms with van der Waals surface area (Å²) in [5.74, 6) is 1.91. The first-order valence-electron chi connectivity index (χ1n) is 7.01. The molecule has 2 heterocycles. The molecule has 24 heavy (non-hydrogen) atoms. The monoisotopic (exact) mass is 398 g/mol. The highest BCUT2D eigenvalue weighted by atomic mass is 32.2. The van der Waals surface area contributed by atoms with E-state index in [1.807, 2.05) is 18.2 Å². The number of hydrogen-bond acceptors (Lipinski definition) is 9. The summed E-state index contributed by atoms with van der Waals surface area (Å²) in [5, 5.41) is 11.6. The number of nitrogens with zero attached hydrogens (tertiary/aromatic N) is 3. The zero-order valence-electron chi connectivity index (χ0n) is 12.9. The second-order valence-electron chi connectivity index (χ2n) is 4.46. The summed E-state index contributed by atoms with van der Waals surface area (Å²) in [7, 11) is 1.63. The van der Waals surface area contributed by atoms with E-state index in [4.69, 9.17) is 4.74 Å². The number of anilines is 1. The molecule has 0 radical (unpaired) electrons. The molecule has 1 N–H and O–H groups in total. The third-order valence-electron chi connectivity index (χ3n) is 2.82. The number of hydrogen-bond donors (Lipinski definition) is 1. The Hall–Kier alpha value is -1.36. The van der Waals surface area contributed by atoms with E-state index >= 15 is 0 Å². The number of rotatable bonds is 7. The maximum Gasteiger partial charge on any atom is 0.236 e. The van der Waals surface area contributed by atoms with Crippen LogP contribution in [-0.2, 0) is 4.79 Å². The SMILES string of the molecule is CCSc1nnc(SCC(=O)Nc2nc3ccc(OC)cc3s2)s1. The molecule has 0 atom stereocenters. The Morgan fingerprint density at radius 1 is 1.25 bits per heavy atom. The number of aromatic nitrogens is 3. The molecular formula is C14H14N4O2S4. The molecule has 1 aromatic carbocycles. The third kappa shape index (κ3) is 4.38. The Labute approximate surface area is 155 Å². The van der Waals surface area contributed by atoms with Crippen molar-refractivity contribution in [2.24, 2.45) is 0 Å². The number of fused-ring (bicyclic) bond motifs is 1. The molecule has 0 aliphatic carbocycles. The highest BCUT2D eigenvalue weighted by Gasteiger charge is 2.11. The Kier molecular flexibility index (Phi) is 5.93. The van der Waals surface area contributed by atoms with Gasteiger partial charge in [0.25, 0.3) is 0 Å². The summed E-state index contributed by atoms with van der Waals surface area (Å²) in [4.78, 5) is 16.5. The summed E-state index contributed by atoms with van der Waals surface area (Å²) in [6, 6.07) is 5.64. The predicted octanol–water partition coefficient (Wildman–Crippen LogP) is 4.00. The van der Waals surface area contributed by atoms with Crippen LogP contribution in [-0.4, -0.2) is 39.7 Å². The lowest BCUT2D eigenvalue weighted by Gasteiger charge is -1.98. The van der Waals surface area contributed by atoms with Gasteiger partial charge < -0.3 is 10.1 Å². The topological polar surface area (TPSA) is 77.0 Å². The van der Waals surface area contributed by atoms with Crippen molar-refractivity contribution < 1.29 is 9.53 Å². The summed E-state index contributed by atoms with van der Waals surface area (Å²) < 4.78 is 7.90. The van der Waals surface area contributed by atoms with Crippen LogP contribution in [0.3, 0.4) is 0 Å². The van der Waals surface area contributed by atoms with Crippen molar-refractivity contribution in [2.45, 2.75) is 15.6 Å². The Bertz CT molecular complexity index is 848. The van der Waals surface area contributed by atoms with Gasteiger partial charge in [0.05, 0.1) is 23.1 Å². The maximum absolute atomic E-state index is 12.1. The minimum Gasteiger partial charge on any atom is -0.497 e. The quantitative estimate of drug-likeness (QED) is 0.603. The lowest BCUT2D eigenvalue weighted by Crippen LogP contribution is -2.13. The molecule has 0 saturated carbocycles. The molecule has 0 saturated heterocycles. The van der Waals surface area contributed by atoms with Crippen molar-refractivity contribution in [3.05, 3.63) is 18.2 Å². The summed E-state index contributed by atoms with van der Waals surface area (Å²) >= 11 is 5.97. The highest BCUT2D eigenvalue weighted by Crippen LogP contribution is 2.30. The van der Waals surface area contributed by atoms with E-state index in [9.17, 15) is 4.79 Å². The molecule has 3 rings (SSSR count). The number of carbonyl (C=O) groups is 1. The number of nitrogens with one attached hydrogen (secondary N) is 1. The van der Waals surface area contributed by atoms with Gasteiger partial charge in [-0.3, -0.25) is 4.79 Å². The van der Waals surface area contributed by atoms with Crippen molar-refractivity contribution in [2.75, 3.05) is 23.9 Å². The first-order chi connectivity index (χ1) is 11.7. The van der Waals surface area contributed by atoms with Gasteiger partial charge in [-0.1, -0.05) is 53.1 Å². The van der Waals surface area contributed by atoms with Crippen molar-refractivity contribution in [3.8, 4) is 5.75 Å². The zero-order chi connectivity index (χ0) is 16.9. The molecule has 0 spiro atoms. The van der Waals surface area contributed by atoms with E-state index < -0.39 is 0 Å². The van der Waals surface area contributed by atoms with Crippen LogP contribution in [0.1, 0.15) is 6.92 Å². The van der Waals surface area contributed by atoms with Crippen molar-refractivity contribution in [1.29, 1.82) is 0 Å². The standard InChI is InChI=1S/C14H14N4O2S4/c1-3-21-13-17-18-14(24-13)22-7-11(19)16-12-15-9-5-4-8(20-2)6-10(9)23-12/h4-6H,3,7H2,1-2H3,(H,15,16,19). The first-order valence-corrected chi connectivity index (χ1v) is 10.6. The molecule has 0 fully saturated rings. The van der Waals surface area contributed by atoms with Crippen molar-refractivity contribution in [3.63, 3.8) is 0 Å². The van der Waals surface area contributed by atoms with Gasteiger partial charge in [0, 0.05) is 0 Å². The average Bonchev–Trinajstić information content (AvgIpc) is 3.18. The molecule has 0 aliphatic rings. The van der Waals surface area contributed by atoms with Crippen molar-refractivity contribution in [1.82, 2.24) is 15.2 Å². The molecule has 2 aromatic heterocycles. The second kappa shape index (κ2) is 8.15. The fourth-order valence-electron chi connectivity index (χ4n) is 1.81. The van der Waals surface area contributed by atoms with Gasteiger partial charge in [-0.25, -0.2) is 4.98 Å². The Balaban J connectivity index is 1.57. The minimum atomic E-state index is -0.106. The number of ether oxygens (including phenoxy) is 1. The van der Waals surface area contributed by atoms with E-state index in [0.29, 0.717) is 5.13 Å². The maximum atomic E-state index is 12.1. The van der Waals surface area contributed by atoms with Crippen LogP contribution in [0, 0.1) is 0 Å². The summed E-state index contributed by atoms with van der Waals surface area (Å²) in [6.07, 6.45) is 0. The highest BCUT2D eigenvalue weighted by molar-refractivity contribution is 8.03. The number of thiazole rings is 1. The molecule has 3 aromatic rings. The van der Waals surface area contributed by atoms with Gasteiger partial charge in [0.2, 0.25) is 5.91 Å². The van der Waals surface area contributed by atoms with Gasteiger partial charge >= 0.3 is 0 Å². The zero-order valence-corrected chi connectivity index (χ0v) is 16.2. The van der Waals surface area contributed by atoms with Crippen LogP contribution in [0.5, 0.6) is 5.75 Å². The van der Waals surface area contributed by atoms with Crippen LogP contribution in [0.15, 0.2) is 26.9 Å². The average molecular weight is 399 g/mol. The third-order valence-corrected chi connectivity index (χ3v) is 6.83. The number of thioether (sulfide) groups is 2. The Morgan fingerprint density at radius 3 is 2.79 bits per heavy atom. The lowest BCUT2D eigenvalue weighted by molar-refractivity contribution is -0.113. The number of benzene rings is 1. The largest absolute Gasteiger partial charge is 0.497 e. The summed E-state index contributed by atoms with van der Waals surface area (Å²) in [5.41, 5.74) is 0.842. The van der Waals surface area contributed by atoms with Crippen LogP contribution in [0.2, 0.25) is 0 Å². The molecule has 10 heteroatoms. The number of carbonyl (C=O) groups excluding carboxylic acids is 1. The minimum absolute atomic E-state index is 0.106. The van der Waals surface area contributed by atoms with E-state index in [2.05, 4.69) is 27.4 Å². The van der Waals surface area contributed by atoms with Crippen LogP contribution in [0.25, 0.3) is 10.2 Å². The van der Waals surface area contributed by atoms with Gasteiger partial charge in [0.15, 0.2) is 13.8 Å². The number of methoxy groups -OCH3 is 1. The van der Waals surface area contributed by atoms with Gasteiger partial charge in [0.1, 0.15) is 5.75 Å². The van der Waals surface area contributed by atoms with E-state index in [1.165, 1.54) is 34.4 Å². The van der Waals surface area contributed by atoms with E-state index in [1.54, 1.807) is 18.9 Å². The van der Waals surface area contributed by atoms with Gasteiger partial charge in [-0.05, 0) is 24.0 Å². The van der Waals surface area contributed by atoms with Gasteiger partial charge in [-0.2, -0.15) is 0 Å². The smallest absolute Gasteiger partial charge is 0.236 e. The van der Waals surface area contributed by atoms with Gasteiger partial charge in [-0.15, -0.1) is 10.2 Å². The predicted molar refractivity (Wildman–Crippen MR) is 102 cm³/mol. The second-order valence-corrected chi connectivity index (χ2v) is 9.20. The van der Waals surface area contributed by atoms with Crippen LogP contribution >= 0.6 is 46.2 Å². The molecule has 0 aliphatic heterocycles. The number of amides is 1. The van der Waals surface area contributed by atoms with Crippen LogP contribution in [0.4, 0.5) is 5.13 Å². The molecule has 6 nitrogen and oxygen atoms in total. The molecule has 0 unspecified atom stereocenters. The molecular weight excluding hydrogens is 384 g/mol. The van der Waals surface area contributed by atoms with E-state index in [-0.39, 0.29) is 11.7 Å². The molecule has 126 valence electrons. The summed E-state index contributed by atoms with van der Waals surface area (Å²) in [6.45, 7) is 2.07. The molecule has 1 amide bonds. The normalized spacial score (nSPS) is 10.9.